The molecule has 3 rings (SSSR count). The molecule has 0 fully saturated rings. The molecule has 0 aromatic heterocycles. The predicted molar refractivity (Wildman–Crippen MR) is 95.2 cm³/mol. The normalized spacial score (nSPS) is 12.5. The van der Waals surface area contributed by atoms with Gasteiger partial charge in [0, 0.05) is 4.83 Å². The van der Waals surface area contributed by atoms with Gasteiger partial charge in [-0.1, -0.05) is 82.2 Å². The van der Waals surface area contributed by atoms with E-state index in [9.17, 15) is 0 Å². The largest absolute Gasteiger partial charge is 0.0835 e. The van der Waals surface area contributed by atoms with E-state index in [4.69, 9.17) is 0 Å². The van der Waals surface area contributed by atoms with Crippen LogP contribution in [-0.4, -0.2) is 0 Å². The summed E-state index contributed by atoms with van der Waals surface area (Å²) in [5, 5.41) is 2.62. The van der Waals surface area contributed by atoms with Crippen LogP contribution in [0.2, 0.25) is 0 Å². The van der Waals surface area contributed by atoms with Crippen molar-refractivity contribution in [2.24, 2.45) is 0 Å². The van der Waals surface area contributed by atoms with Gasteiger partial charge in [0.2, 0.25) is 0 Å². The second-order valence-electron chi connectivity index (χ2n) is 5.71. The van der Waals surface area contributed by atoms with E-state index in [1.54, 1.807) is 0 Å². The Balaban J connectivity index is 1.87. The van der Waals surface area contributed by atoms with E-state index in [-0.39, 0.29) is 0 Å². The van der Waals surface area contributed by atoms with Crippen LogP contribution in [0, 0.1) is 13.8 Å². The molecule has 0 N–H and O–H groups in total. The van der Waals surface area contributed by atoms with Crippen molar-refractivity contribution in [3.05, 3.63) is 82.9 Å². The Hall–Kier alpha value is -1.60. The van der Waals surface area contributed by atoms with Crippen molar-refractivity contribution in [3.63, 3.8) is 0 Å². The Morgan fingerprint density at radius 2 is 1.62 bits per heavy atom. The van der Waals surface area contributed by atoms with Gasteiger partial charge in [0.15, 0.2) is 0 Å². The average molecular weight is 339 g/mol. The van der Waals surface area contributed by atoms with Gasteiger partial charge in [-0.05, 0) is 47.7 Å². The number of alkyl halides is 1. The van der Waals surface area contributed by atoms with Crippen molar-refractivity contribution in [1.29, 1.82) is 0 Å². The van der Waals surface area contributed by atoms with Gasteiger partial charge >= 0.3 is 0 Å². The van der Waals surface area contributed by atoms with Crippen LogP contribution in [0.25, 0.3) is 10.8 Å². The van der Waals surface area contributed by atoms with Gasteiger partial charge in [-0.2, -0.15) is 0 Å². The molecule has 0 amide bonds. The molecule has 0 nitrogen and oxygen atoms in total. The fourth-order valence-corrected chi connectivity index (χ4v) is 3.75. The van der Waals surface area contributed by atoms with Crippen molar-refractivity contribution in [3.8, 4) is 0 Å². The van der Waals surface area contributed by atoms with Crippen LogP contribution in [0.5, 0.6) is 0 Å². The number of fused-ring (bicyclic) bond motifs is 1. The maximum absolute atomic E-state index is 3.86. The first-order valence-corrected chi connectivity index (χ1v) is 8.24. The van der Waals surface area contributed by atoms with Crippen LogP contribution in [-0.2, 0) is 6.42 Å². The summed E-state index contributed by atoms with van der Waals surface area (Å²) < 4.78 is 0. The van der Waals surface area contributed by atoms with Gasteiger partial charge in [0.1, 0.15) is 0 Å². The molecule has 3 aromatic carbocycles. The monoisotopic (exact) mass is 338 g/mol. The third-order valence-corrected chi connectivity index (χ3v) is 4.81. The van der Waals surface area contributed by atoms with Gasteiger partial charge in [-0.3, -0.25) is 0 Å². The molecule has 3 aromatic rings. The quantitative estimate of drug-likeness (QED) is 0.503. The first kappa shape index (κ1) is 14.3. The minimum atomic E-state index is 0.360. The zero-order valence-electron chi connectivity index (χ0n) is 12.4. The van der Waals surface area contributed by atoms with Gasteiger partial charge in [-0.15, -0.1) is 0 Å². The van der Waals surface area contributed by atoms with E-state index in [0.29, 0.717) is 4.83 Å². The third-order valence-electron chi connectivity index (χ3n) is 3.99. The summed E-state index contributed by atoms with van der Waals surface area (Å²) >= 11 is 3.86. The molecule has 0 heterocycles. The smallest absolute Gasteiger partial charge is 0.0438 e. The number of aryl methyl sites for hydroxylation is 2. The number of rotatable bonds is 3. The van der Waals surface area contributed by atoms with E-state index in [0.717, 1.165) is 6.42 Å². The summed E-state index contributed by atoms with van der Waals surface area (Å²) in [5.41, 5.74) is 5.43. The molecule has 1 heteroatoms. The van der Waals surface area contributed by atoms with Gasteiger partial charge in [-0.25, -0.2) is 0 Å². The SMILES string of the molecule is Cc1ccc(C(Br)Cc2ccc3ccccc3c2)c(C)c1. The topological polar surface area (TPSA) is 0 Å². The minimum absolute atomic E-state index is 0.360. The van der Waals surface area contributed by atoms with Crippen LogP contribution < -0.4 is 0 Å². The lowest BCUT2D eigenvalue weighted by molar-refractivity contribution is 0.939. The number of hydrogen-bond donors (Lipinski definition) is 0. The highest BCUT2D eigenvalue weighted by molar-refractivity contribution is 9.09. The van der Waals surface area contributed by atoms with E-state index < -0.39 is 0 Å². The Bertz CT molecular complexity index is 774. The lowest BCUT2D eigenvalue weighted by atomic mass is 9.97. The lowest BCUT2D eigenvalue weighted by Gasteiger charge is -2.14. The fourth-order valence-electron chi connectivity index (χ4n) is 2.86. The summed E-state index contributed by atoms with van der Waals surface area (Å²) in [5.74, 6) is 0. The van der Waals surface area contributed by atoms with Crippen LogP contribution >= 0.6 is 15.9 Å². The maximum atomic E-state index is 3.86. The molecular weight excluding hydrogens is 320 g/mol. The molecule has 0 spiro atoms. The standard InChI is InChI=1S/C20H19Br/c1-14-7-10-19(15(2)11-14)20(21)13-16-8-9-17-5-3-4-6-18(17)12-16/h3-12,20H,13H2,1-2H3. The zero-order valence-corrected chi connectivity index (χ0v) is 14.0. The van der Waals surface area contributed by atoms with Gasteiger partial charge in [0.25, 0.3) is 0 Å². The molecule has 0 bridgehead atoms. The van der Waals surface area contributed by atoms with Crippen LogP contribution in [0.3, 0.4) is 0 Å². The molecule has 21 heavy (non-hydrogen) atoms. The van der Waals surface area contributed by atoms with Crippen molar-refractivity contribution >= 4 is 26.7 Å². The summed E-state index contributed by atoms with van der Waals surface area (Å²) in [6.07, 6.45) is 1.01. The van der Waals surface area contributed by atoms with E-state index >= 15 is 0 Å². The minimum Gasteiger partial charge on any atom is -0.0835 e. The zero-order chi connectivity index (χ0) is 14.8. The lowest BCUT2D eigenvalue weighted by Crippen LogP contribution is -1.98. The molecule has 0 aliphatic rings. The number of benzene rings is 3. The summed E-state index contributed by atoms with van der Waals surface area (Å²) in [4.78, 5) is 0.360. The highest BCUT2D eigenvalue weighted by Crippen LogP contribution is 2.30. The van der Waals surface area contributed by atoms with Crippen molar-refractivity contribution in [2.75, 3.05) is 0 Å². The second kappa shape index (κ2) is 6.03. The first-order valence-electron chi connectivity index (χ1n) is 7.32. The average Bonchev–Trinajstić information content (AvgIpc) is 2.47. The maximum Gasteiger partial charge on any atom is 0.0438 e. The first-order chi connectivity index (χ1) is 10.1. The molecule has 1 unspecified atom stereocenters. The second-order valence-corrected chi connectivity index (χ2v) is 6.82. The summed E-state index contributed by atoms with van der Waals surface area (Å²) in [6.45, 7) is 4.33. The molecule has 1 atom stereocenters. The third kappa shape index (κ3) is 3.19. The highest BCUT2D eigenvalue weighted by atomic mass is 79.9. The number of hydrogen-bond acceptors (Lipinski definition) is 0. The molecular formula is C20H19Br. The van der Waals surface area contributed by atoms with Crippen LogP contribution in [0.4, 0.5) is 0 Å². The molecule has 106 valence electrons. The molecule has 0 saturated carbocycles. The Morgan fingerprint density at radius 3 is 2.38 bits per heavy atom. The highest BCUT2D eigenvalue weighted by Gasteiger charge is 2.11. The van der Waals surface area contributed by atoms with Crippen LogP contribution in [0.15, 0.2) is 60.7 Å². The van der Waals surface area contributed by atoms with Gasteiger partial charge < -0.3 is 0 Å². The summed E-state index contributed by atoms with van der Waals surface area (Å²) in [6, 6.07) is 22.0. The van der Waals surface area contributed by atoms with Crippen molar-refractivity contribution in [2.45, 2.75) is 25.1 Å². The van der Waals surface area contributed by atoms with E-state index in [1.165, 1.54) is 33.0 Å². The molecule has 0 saturated heterocycles. The van der Waals surface area contributed by atoms with Crippen LogP contribution in [0.1, 0.15) is 27.1 Å². The van der Waals surface area contributed by atoms with Gasteiger partial charge in [0.05, 0.1) is 0 Å². The Kier molecular flexibility index (Phi) is 4.12. The molecule has 0 radical (unpaired) electrons. The Morgan fingerprint density at radius 1 is 0.857 bits per heavy atom. The van der Waals surface area contributed by atoms with E-state index in [1.807, 2.05) is 0 Å². The summed E-state index contributed by atoms with van der Waals surface area (Å²) in [7, 11) is 0. The van der Waals surface area contributed by atoms with Crippen molar-refractivity contribution in [1.82, 2.24) is 0 Å². The molecule has 0 aliphatic carbocycles. The predicted octanol–water partition coefficient (Wildman–Crippen LogP) is 6.14. The van der Waals surface area contributed by atoms with E-state index in [2.05, 4.69) is 90.4 Å². The number of halogens is 1. The molecule has 0 aliphatic heterocycles. The van der Waals surface area contributed by atoms with Crippen molar-refractivity contribution < 1.29 is 0 Å². The fraction of sp³-hybridized carbons (Fsp3) is 0.200. The Labute approximate surface area is 134 Å².